The van der Waals surface area contributed by atoms with E-state index in [-0.39, 0.29) is 17.7 Å². The van der Waals surface area contributed by atoms with Gasteiger partial charge in [0, 0.05) is 31.6 Å². The van der Waals surface area contributed by atoms with Crippen molar-refractivity contribution in [1.82, 2.24) is 19.9 Å². The second-order valence-corrected chi connectivity index (χ2v) is 6.64. The first-order valence-electron chi connectivity index (χ1n) is 8.51. The highest BCUT2D eigenvalue weighted by Gasteiger charge is 2.35. The molecule has 1 aliphatic heterocycles. The van der Waals surface area contributed by atoms with Crippen molar-refractivity contribution in [2.75, 3.05) is 19.6 Å². The van der Waals surface area contributed by atoms with Gasteiger partial charge < -0.3 is 10.6 Å². The van der Waals surface area contributed by atoms with Crippen LogP contribution in [0.2, 0.25) is 0 Å². The Kier molecular flexibility index (Phi) is 3.97. The summed E-state index contributed by atoms with van der Waals surface area (Å²) >= 11 is 0. The third-order valence-corrected chi connectivity index (χ3v) is 5.12. The van der Waals surface area contributed by atoms with Crippen LogP contribution in [0.5, 0.6) is 0 Å². The molecule has 3 aromatic rings. The van der Waals surface area contributed by atoms with E-state index in [1.54, 1.807) is 4.68 Å². The number of carbonyl (C=O) groups is 1. The molecule has 0 radical (unpaired) electrons. The summed E-state index contributed by atoms with van der Waals surface area (Å²) in [5.74, 6) is 0.603. The summed E-state index contributed by atoms with van der Waals surface area (Å²) in [5.41, 5.74) is 9.53. The third-order valence-electron chi connectivity index (χ3n) is 5.12. The average molecular weight is 335 g/mol. The quantitative estimate of drug-likeness (QED) is 0.791. The minimum Gasteiger partial charge on any atom is -0.338 e. The number of nitrogens with two attached hydrogens (primary N) is 1. The van der Waals surface area contributed by atoms with Crippen LogP contribution in [0.15, 0.2) is 48.5 Å². The molecular formula is C19H21N5O. The largest absolute Gasteiger partial charge is 0.338 e. The fourth-order valence-corrected chi connectivity index (χ4v) is 3.71. The SMILES string of the molecule is Cn1nnc2cc(C(=O)N3C[C@@H](CN)[C@H](c4ccccc4)C3)ccc21. The van der Waals surface area contributed by atoms with Gasteiger partial charge in [0.05, 0.1) is 5.52 Å². The van der Waals surface area contributed by atoms with E-state index in [0.29, 0.717) is 25.2 Å². The molecule has 128 valence electrons. The predicted molar refractivity (Wildman–Crippen MR) is 96.1 cm³/mol. The minimum absolute atomic E-state index is 0.0319. The number of aromatic nitrogens is 3. The van der Waals surface area contributed by atoms with Gasteiger partial charge in [0.1, 0.15) is 5.52 Å². The number of nitrogens with zero attached hydrogens (tertiary/aromatic N) is 4. The van der Waals surface area contributed by atoms with Gasteiger partial charge >= 0.3 is 0 Å². The van der Waals surface area contributed by atoms with E-state index in [0.717, 1.165) is 11.0 Å². The van der Waals surface area contributed by atoms with Gasteiger partial charge in [0.15, 0.2) is 0 Å². The van der Waals surface area contributed by atoms with Crippen LogP contribution in [0.1, 0.15) is 21.8 Å². The minimum atomic E-state index is 0.0319. The van der Waals surface area contributed by atoms with Gasteiger partial charge in [-0.2, -0.15) is 0 Å². The van der Waals surface area contributed by atoms with Crippen molar-refractivity contribution in [3.63, 3.8) is 0 Å². The Hall–Kier alpha value is -2.73. The first-order chi connectivity index (χ1) is 12.2. The van der Waals surface area contributed by atoms with E-state index in [9.17, 15) is 4.79 Å². The Morgan fingerprint density at radius 2 is 2.00 bits per heavy atom. The van der Waals surface area contributed by atoms with E-state index in [4.69, 9.17) is 5.73 Å². The topological polar surface area (TPSA) is 77.0 Å². The Labute approximate surface area is 146 Å². The highest BCUT2D eigenvalue weighted by molar-refractivity contribution is 5.97. The van der Waals surface area contributed by atoms with Crippen molar-refractivity contribution in [2.45, 2.75) is 5.92 Å². The molecule has 2 aromatic carbocycles. The fourth-order valence-electron chi connectivity index (χ4n) is 3.71. The van der Waals surface area contributed by atoms with Crippen LogP contribution in [0, 0.1) is 5.92 Å². The second-order valence-electron chi connectivity index (χ2n) is 6.64. The lowest BCUT2D eigenvalue weighted by molar-refractivity contribution is 0.0786. The first kappa shape index (κ1) is 15.8. The van der Waals surface area contributed by atoms with Gasteiger partial charge in [0.25, 0.3) is 5.91 Å². The number of amides is 1. The normalized spacial score (nSPS) is 20.3. The van der Waals surface area contributed by atoms with Crippen LogP contribution < -0.4 is 5.73 Å². The maximum atomic E-state index is 13.0. The number of hydrogen-bond acceptors (Lipinski definition) is 4. The number of fused-ring (bicyclic) bond motifs is 1. The lowest BCUT2D eigenvalue weighted by atomic mass is 9.89. The third kappa shape index (κ3) is 2.78. The summed E-state index contributed by atoms with van der Waals surface area (Å²) in [7, 11) is 1.84. The Bertz CT molecular complexity index is 905. The van der Waals surface area contributed by atoms with Gasteiger partial charge in [-0.3, -0.25) is 4.79 Å². The number of hydrogen-bond donors (Lipinski definition) is 1. The standard InChI is InChI=1S/C19H21N5O/c1-23-18-8-7-14(9-17(18)21-22-23)19(25)24-11-15(10-20)16(12-24)13-5-3-2-4-6-13/h2-9,15-16H,10-12,20H2,1H3/t15-,16+/m1/s1. The molecule has 25 heavy (non-hydrogen) atoms. The van der Waals surface area contributed by atoms with Gasteiger partial charge in [0.2, 0.25) is 0 Å². The van der Waals surface area contributed by atoms with Gasteiger partial charge in [-0.15, -0.1) is 5.10 Å². The van der Waals surface area contributed by atoms with E-state index in [2.05, 4.69) is 22.4 Å². The van der Waals surface area contributed by atoms with E-state index in [1.165, 1.54) is 5.56 Å². The van der Waals surface area contributed by atoms with E-state index in [1.807, 2.05) is 48.3 Å². The Morgan fingerprint density at radius 3 is 2.76 bits per heavy atom. The van der Waals surface area contributed by atoms with Crippen molar-refractivity contribution in [3.8, 4) is 0 Å². The summed E-state index contributed by atoms with van der Waals surface area (Å²) in [4.78, 5) is 14.9. The summed E-state index contributed by atoms with van der Waals surface area (Å²) in [6.45, 7) is 1.96. The lowest BCUT2D eigenvalue weighted by Gasteiger charge is -2.17. The lowest BCUT2D eigenvalue weighted by Crippen LogP contribution is -2.29. The molecule has 2 atom stereocenters. The number of rotatable bonds is 3. The highest BCUT2D eigenvalue weighted by Crippen LogP contribution is 2.33. The highest BCUT2D eigenvalue weighted by atomic mass is 16.2. The Balaban J connectivity index is 1.59. The van der Waals surface area contributed by atoms with E-state index >= 15 is 0 Å². The zero-order chi connectivity index (χ0) is 17.4. The van der Waals surface area contributed by atoms with Crippen molar-refractivity contribution in [2.24, 2.45) is 18.7 Å². The zero-order valence-corrected chi connectivity index (χ0v) is 14.2. The van der Waals surface area contributed by atoms with Crippen LogP contribution in [-0.4, -0.2) is 45.4 Å². The number of aryl methyl sites for hydroxylation is 1. The molecule has 1 aliphatic rings. The van der Waals surface area contributed by atoms with Crippen LogP contribution in [0.25, 0.3) is 11.0 Å². The second kappa shape index (κ2) is 6.29. The van der Waals surface area contributed by atoms with Crippen LogP contribution >= 0.6 is 0 Å². The summed E-state index contributed by atoms with van der Waals surface area (Å²) in [6, 6.07) is 15.9. The summed E-state index contributed by atoms with van der Waals surface area (Å²) < 4.78 is 1.70. The molecule has 1 fully saturated rings. The molecule has 2 heterocycles. The molecule has 0 spiro atoms. The van der Waals surface area contributed by atoms with Gasteiger partial charge in [-0.25, -0.2) is 4.68 Å². The molecule has 1 aromatic heterocycles. The molecule has 0 saturated carbocycles. The molecule has 0 unspecified atom stereocenters. The summed E-state index contributed by atoms with van der Waals surface area (Å²) in [5, 5.41) is 8.10. The van der Waals surface area contributed by atoms with Crippen LogP contribution in [0.3, 0.4) is 0 Å². The van der Waals surface area contributed by atoms with Crippen molar-refractivity contribution >= 4 is 16.9 Å². The first-order valence-corrected chi connectivity index (χ1v) is 8.51. The molecule has 1 saturated heterocycles. The molecule has 6 heteroatoms. The smallest absolute Gasteiger partial charge is 0.253 e. The summed E-state index contributed by atoms with van der Waals surface area (Å²) in [6.07, 6.45) is 0. The fraction of sp³-hybridized carbons (Fsp3) is 0.316. The molecule has 1 amide bonds. The van der Waals surface area contributed by atoms with Crippen LogP contribution in [0.4, 0.5) is 0 Å². The molecule has 2 N–H and O–H groups in total. The van der Waals surface area contributed by atoms with Crippen LogP contribution in [-0.2, 0) is 7.05 Å². The molecule has 0 aliphatic carbocycles. The van der Waals surface area contributed by atoms with Crippen molar-refractivity contribution < 1.29 is 4.79 Å². The van der Waals surface area contributed by atoms with Gasteiger partial charge in [-0.1, -0.05) is 35.5 Å². The predicted octanol–water partition coefficient (Wildman–Crippen LogP) is 1.78. The monoisotopic (exact) mass is 335 g/mol. The maximum absolute atomic E-state index is 13.0. The molecule has 4 rings (SSSR count). The number of carbonyl (C=O) groups excluding carboxylic acids is 1. The molecular weight excluding hydrogens is 314 g/mol. The molecule has 6 nitrogen and oxygen atoms in total. The van der Waals surface area contributed by atoms with E-state index < -0.39 is 0 Å². The zero-order valence-electron chi connectivity index (χ0n) is 14.2. The van der Waals surface area contributed by atoms with Crippen molar-refractivity contribution in [1.29, 1.82) is 0 Å². The van der Waals surface area contributed by atoms with Gasteiger partial charge in [-0.05, 0) is 36.2 Å². The average Bonchev–Trinajstić information content (AvgIpc) is 3.25. The number of likely N-dealkylation sites (tertiary alicyclic amines) is 1. The molecule has 0 bridgehead atoms. The Morgan fingerprint density at radius 1 is 1.20 bits per heavy atom. The van der Waals surface area contributed by atoms with Crippen molar-refractivity contribution in [3.05, 3.63) is 59.7 Å². The maximum Gasteiger partial charge on any atom is 0.253 e. The number of benzene rings is 2.